The lowest BCUT2D eigenvalue weighted by atomic mass is 10.3. The van der Waals surface area contributed by atoms with Crippen LogP contribution in [0.5, 0.6) is 0 Å². The number of rotatable bonds is 3. The monoisotopic (exact) mass is 192 g/mol. The highest BCUT2D eigenvalue weighted by atomic mass is 16.7. The van der Waals surface area contributed by atoms with Crippen LogP contribution >= 0.6 is 0 Å². The fourth-order valence-corrected chi connectivity index (χ4v) is 0.335. The predicted octanol–water partition coefficient (Wildman–Crippen LogP) is 0.0643. The zero-order valence-corrected chi connectivity index (χ0v) is 7.82. The number of carboxylic acid groups (broad SMARTS) is 1. The zero-order chi connectivity index (χ0) is 11.1. The number of hydrogen-bond acceptors (Lipinski definition) is 4. The lowest BCUT2D eigenvalue weighted by molar-refractivity contribution is -0.314. The van der Waals surface area contributed by atoms with E-state index in [9.17, 15) is 4.79 Å². The van der Waals surface area contributed by atoms with Gasteiger partial charge in [-0.1, -0.05) is 13.5 Å². The van der Waals surface area contributed by atoms with Crippen LogP contribution in [0.1, 0.15) is 26.7 Å². The molecular weight excluding hydrogens is 176 g/mol. The Labute approximate surface area is 76.9 Å². The van der Waals surface area contributed by atoms with Gasteiger partial charge >= 0.3 is 5.97 Å². The number of aliphatic carboxylic acids is 1. The van der Waals surface area contributed by atoms with E-state index >= 15 is 0 Å². The summed E-state index contributed by atoms with van der Waals surface area (Å²) in [6.45, 7) is 6.35. The van der Waals surface area contributed by atoms with Crippen molar-refractivity contribution in [1.29, 1.82) is 0 Å². The zero-order valence-electron chi connectivity index (χ0n) is 7.82. The molecule has 0 aliphatic heterocycles. The molecule has 0 aliphatic rings. The third-order valence-electron chi connectivity index (χ3n) is 0.951. The summed E-state index contributed by atoms with van der Waals surface area (Å²) < 4.78 is 0. The summed E-state index contributed by atoms with van der Waals surface area (Å²) in [6.07, 6.45) is 0.566. The maximum Gasteiger partial charge on any atom is 0.330 e. The van der Waals surface area contributed by atoms with Crippen molar-refractivity contribution in [3.8, 4) is 0 Å². The second-order valence-corrected chi connectivity index (χ2v) is 2.61. The van der Waals surface area contributed by atoms with Gasteiger partial charge in [-0.05, 0) is 13.3 Å². The maximum absolute atomic E-state index is 9.60. The summed E-state index contributed by atoms with van der Waals surface area (Å²) in [4.78, 5) is 9.60. The SMILES string of the molecule is C=C(C)C(=O)O.CCCC(O)(O)O. The minimum atomic E-state index is -2.45. The number of carbonyl (C=O) groups is 1. The molecule has 0 saturated carbocycles. The molecule has 5 nitrogen and oxygen atoms in total. The second kappa shape index (κ2) is 6.59. The van der Waals surface area contributed by atoms with E-state index in [1.165, 1.54) is 6.92 Å². The Bertz CT molecular complexity index is 156. The predicted molar refractivity (Wildman–Crippen MR) is 46.7 cm³/mol. The van der Waals surface area contributed by atoms with Crippen molar-refractivity contribution in [1.82, 2.24) is 0 Å². The van der Waals surface area contributed by atoms with Crippen LogP contribution in [0.25, 0.3) is 0 Å². The van der Waals surface area contributed by atoms with E-state index in [-0.39, 0.29) is 12.0 Å². The first-order chi connectivity index (χ1) is 5.70. The number of hydrogen-bond donors (Lipinski definition) is 4. The Morgan fingerprint density at radius 2 is 1.69 bits per heavy atom. The third kappa shape index (κ3) is 18.2. The average molecular weight is 192 g/mol. The quantitative estimate of drug-likeness (QED) is 0.374. The van der Waals surface area contributed by atoms with Gasteiger partial charge in [0, 0.05) is 12.0 Å². The summed E-state index contributed by atoms with van der Waals surface area (Å²) in [6, 6.07) is 0. The molecule has 0 unspecified atom stereocenters. The highest BCUT2D eigenvalue weighted by Gasteiger charge is 2.14. The molecule has 0 aromatic carbocycles. The van der Waals surface area contributed by atoms with Crippen molar-refractivity contribution in [2.24, 2.45) is 0 Å². The molecular formula is C8H16O5. The molecule has 78 valence electrons. The Hall–Kier alpha value is -0.910. The van der Waals surface area contributed by atoms with E-state index in [0.717, 1.165) is 0 Å². The van der Waals surface area contributed by atoms with Crippen LogP contribution in [0.3, 0.4) is 0 Å². The van der Waals surface area contributed by atoms with Crippen molar-refractivity contribution < 1.29 is 25.2 Å². The second-order valence-electron chi connectivity index (χ2n) is 2.61. The molecule has 0 aromatic heterocycles. The minimum absolute atomic E-state index is 0.00694. The smallest absolute Gasteiger partial charge is 0.330 e. The van der Waals surface area contributed by atoms with Crippen LogP contribution in [0.4, 0.5) is 0 Å². The summed E-state index contributed by atoms with van der Waals surface area (Å²) >= 11 is 0. The van der Waals surface area contributed by atoms with Crippen molar-refractivity contribution in [2.75, 3.05) is 0 Å². The molecule has 0 fully saturated rings. The largest absolute Gasteiger partial charge is 0.478 e. The van der Waals surface area contributed by atoms with Crippen LogP contribution in [-0.4, -0.2) is 32.4 Å². The maximum atomic E-state index is 9.60. The van der Waals surface area contributed by atoms with Gasteiger partial charge in [0.05, 0.1) is 0 Å². The normalized spacial score (nSPS) is 9.92. The van der Waals surface area contributed by atoms with Gasteiger partial charge in [0.15, 0.2) is 0 Å². The molecule has 0 rings (SSSR count). The molecule has 0 radical (unpaired) electrons. The van der Waals surface area contributed by atoms with E-state index in [0.29, 0.717) is 6.42 Å². The molecule has 0 heterocycles. The van der Waals surface area contributed by atoms with E-state index in [2.05, 4.69) is 6.58 Å². The summed E-state index contributed by atoms with van der Waals surface area (Å²) in [5, 5.41) is 32.3. The van der Waals surface area contributed by atoms with E-state index in [1.807, 2.05) is 0 Å². The topological polar surface area (TPSA) is 98.0 Å². The minimum Gasteiger partial charge on any atom is -0.478 e. The van der Waals surface area contributed by atoms with Crippen molar-refractivity contribution >= 4 is 5.97 Å². The fraction of sp³-hybridized carbons (Fsp3) is 0.625. The highest BCUT2D eigenvalue weighted by Crippen LogP contribution is 2.01. The Kier molecular flexibility index (Phi) is 7.40. The van der Waals surface area contributed by atoms with E-state index < -0.39 is 11.9 Å². The lowest BCUT2D eigenvalue weighted by Crippen LogP contribution is -2.26. The van der Waals surface area contributed by atoms with Gasteiger partial charge in [-0.25, -0.2) is 4.79 Å². The fourth-order valence-electron chi connectivity index (χ4n) is 0.335. The third-order valence-corrected chi connectivity index (χ3v) is 0.951. The highest BCUT2D eigenvalue weighted by molar-refractivity contribution is 5.84. The lowest BCUT2D eigenvalue weighted by Gasteiger charge is -2.10. The summed E-state index contributed by atoms with van der Waals surface area (Å²) in [5.74, 6) is -3.38. The number of carboxylic acids is 1. The molecule has 0 bridgehead atoms. The van der Waals surface area contributed by atoms with Crippen LogP contribution in [0.15, 0.2) is 12.2 Å². The van der Waals surface area contributed by atoms with Crippen LogP contribution in [-0.2, 0) is 4.79 Å². The summed E-state index contributed by atoms with van der Waals surface area (Å²) in [7, 11) is 0. The Morgan fingerprint density at radius 1 is 1.38 bits per heavy atom. The Morgan fingerprint density at radius 3 is 1.69 bits per heavy atom. The average Bonchev–Trinajstić information content (AvgIpc) is 1.85. The molecule has 0 aromatic rings. The van der Waals surface area contributed by atoms with Gasteiger partial charge in [0.1, 0.15) is 0 Å². The van der Waals surface area contributed by atoms with Crippen molar-refractivity contribution in [3.05, 3.63) is 12.2 Å². The van der Waals surface area contributed by atoms with Crippen molar-refractivity contribution in [3.63, 3.8) is 0 Å². The number of aliphatic hydroxyl groups is 3. The first-order valence-electron chi connectivity index (χ1n) is 3.76. The molecule has 4 N–H and O–H groups in total. The molecule has 13 heavy (non-hydrogen) atoms. The first-order valence-corrected chi connectivity index (χ1v) is 3.76. The molecule has 0 aliphatic carbocycles. The van der Waals surface area contributed by atoms with Gasteiger partial charge < -0.3 is 20.4 Å². The van der Waals surface area contributed by atoms with Crippen LogP contribution in [0.2, 0.25) is 0 Å². The van der Waals surface area contributed by atoms with E-state index in [4.69, 9.17) is 20.4 Å². The van der Waals surface area contributed by atoms with E-state index in [1.54, 1.807) is 6.92 Å². The molecule has 0 amide bonds. The first kappa shape index (κ1) is 14.6. The Balaban J connectivity index is 0. The molecule has 5 heteroatoms. The van der Waals surface area contributed by atoms with Crippen LogP contribution < -0.4 is 0 Å². The van der Waals surface area contributed by atoms with Gasteiger partial charge in [0.25, 0.3) is 5.97 Å². The van der Waals surface area contributed by atoms with Crippen LogP contribution in [0, 0.1) is 0 Å². The molecule has 0 spiro atoms. The molecule has 0 saturated heterocycles. The van der Waals surface area contributed by atoms with Gasteiger partial charge in [0.2, 0.25) is 0 Å². The standard InChI is InChI=1S/C4H10O3.C4H6O2/c1-2-3-4(5,6)7;1-3(2)4(5)6/h5-7H,2-3H2,1H3;1H2,2H3,(H,5,6). The van der Waals surface area contributed by atoms with Gasteiger partial charge in [-0.3, -0.25) is 0 Å². The van der Waals surface area contributed by atoms with Crippen molar-refractivity contribution in [2.45, 2.75) is 32.7 Å². The van der Waals surface area contributed by atoms with Gasteiger partial charge in [-0.15, -0.1) is 0 Å². The summed E-state index contributed by atoms with van der Waals surface area (Å²) in [5.41, 5.74) is 0.176. The molecule has 0 atom stereocenters. The van der Waals surface area contributed by atoms with Gasteiger partial charge in [-0.2, -0.15) is 0 Å².